The summed E-state index contributed by atoms with van der Waals surface area (Å²) in [5.74, 6) is -3.57. The normalized spacial score (nSPS) is 10.5. The second kappa shape index (κ2) is 7.92. The highest BCUT2D eigenvalue weighted by atomic mass is 35.5. The lowest BCUT2D eigenvalue weighted by atomic mass is 10.2. The quantitative estimate of drug-likeness (QED) is 0.674. The minimum absolute atomic E-state index is 0.311. The van der Waals surface area contributed by atoms with Gasteiger partial charge in [-0.2, -0.15) is 5.10 Å². The van der Waals surface area contributed by atoms with Crippen LogP contribution in [0, 0.1) is 11.6 Å². The lowest BCUT2D eigenvalue weighted by Gasteiger charge is -2.11. The number of hydrogen-bond donors (Lipinski definition) is 1. The maximum Gasteiger partial charge on any atom is 0.338 e. The van der Waals surface area contributed by atoms with E-state index in [4.69, 9.17) is 16.3 Å². The lowest BCUT2D eigenvalue weighted by molar-refractivity contribution is -0.119. The van der Waals surface area contributed by atoms with Crippen molar-refractivity contribution in [2.75, 3.05) is 11.9 Å². The number of anilines is 1. The molecule has 1 aromatic heterocycles. The topological polar surface area (TPSA) is 86.1 Å². The fourth-order valence-corrected chi connectivity index (χ4v) is 2.39. The first-order chi connectivity index (χ1) is 12.9. The van der Waals surface area contributed by atoms with Gasteiger partial charge in [0.2, 0.25) is 0 Å². The van der Waals surface area contributed by atoms with E-state index in [0.29, 0.717) is 22.5 Å². The minimum Gasteiger partial charge on any atom is -0.452 e. The van der Waals surface area contributed by atoms with Crippen molar-refractivity contribution in [3.63, 3.8) is 0 Å². The number of aromatic nitrogens is 3. The highest BCUT2D eigenvalue weighted by molar-refractivity contribution is 6.31. The highest BCUT2D eigenvalue weighted by Crippen LogP contribution is 2.23. The Bertz CT molecular complexity index is 976. The summed E-state index contributed by atoms with van der Waals surface area (Å²) in [6.07, 6.45) is 2.75. The summed E-state index contributed by atoms with van der Waals surface area (Å²) in [5, 5.41) is 6.86. The molecule has 0 bridgehead atoms. The number of hydrogen-bond acceptors (Lipinski definition) is 5. The fraction of sp³-hybridized carbons (Fsp3) is 0.0588. The van der Waals surface area contributed by atoms with Gasteiger partial charge in [0.15, 0.2) is 6.61 Å². The zero-order chi connectivity index (χ0) is 19.4. The number of carbonyl (C=O) groups is 2. The van der Waals surface area contributed by atoms with E-state index in [9.17, 15) is 18.4 Å². The summed E-state index contributed by atoms with van der Waals surface area (Å²) < 4.78 is 32.5. The molecule has 1 N–H and O–H groups in total. The van der Waals surface area contributed by atoms with Crippen LogP contribution >= 0.6 is 11.6 Å². The average molecular weight is 393 g/mol. The fourth-order valence-electron chi connectivity index (χ4n) is 2.21. The van der Waals surface area contributed by atoms with Crippen molar-refractivity contribution < 1.29 is 23.1 Å². The van der Waals surface area contributed by atoms with Crippen molar-refractivity contribution in [2.24, 2.45) is 0 Å². The number of rotatable bonds is 5. The Morgan fingerprint density at radius 1 is 1.15 bits per heavy atom. The Balaban J connectivity index is 1.68. The summed E-state index contributed by atoms with van der Waals surface area (Å²) >= 11 is 5.95. The molecule has 0 saturated heterocycles. The third-order valence-electron chi connectivity index (χ3n) is 3.33. The van der Waals surface area contributed by atoms with Gasteiger partial charge in [-0.3, -0.25) is 4.79 Å². The summed E-state index contributed by atoms with van der Waals surface area (Å²) in [6, 6.07) is 6.95. The molecule has 2 aromatic carbocycles. The SMILES string of the molecule is O=C(COC(=O)c1cc(F)cc(F)c1)Nc1cc(Cl)ccc1-n1cncn1. The predicted octanol–water partition coefficient (Wildman–Crippen LogP) is 2.99. The summed E-state index contributed by atoms with van der Waals surface area (Å²) in [7, 11) is 0. The molecule has 1 heterocycles. The monoisotopic (exact) mass is 392 g/mol. The van der Waals surface area contributed by atoms with Crippen LogP contribution in [0.15, 0.2) is 49.1 Å². The molecule has 3 aromatic rings. The third kappa shape index (κ3) is 4.64. The van der Waals surface area contributed by atoms with Crippen LogP contribution in [0.1, 0.15) is 10.4 Å². The van der Waals surface area contributed by atoms with Gasteiger partial charge in [-0.05, 0) is 30.3 Å². The predicted molar refractivity (Wildman–Crippen MR) is 91.6 cm³/mol. The second-order valence-corrected chi connectivity index (χ2v) is 5.72. The van der Waals surface area contributed by atoms with Crippen molar-refractivity contribution in [3.8, 4) is 5.69 Å². The highest BCUT2D eigenvalue weighted by Gasteiger charge is 2.15. The molecule has 0 atom stereocenters. The maximum absolute atomic E-state index is 13.1. The Hall–Kier alpha value is -3.33. The van der Waals surface area contributed by atoms with Crippen molar-refractivity contribution in [2.45, 2.75) is 0 Å². The summed E-state index contributed by atoms with van der Waals surface area (Å²) in [5.41, 5.74) is 0.459. The Kier molecular flexibility index (Phi) is 5.41. The second-order valence-electron chi connectivity index (χ2n) is 5.28. The van der Waals surface area contributed by atoms with Crippen molar-refractivity contribution in [3.05, 3.63) is 71.3 Å². The number of esters is 1. The number of amides is 1. The van der Waals surface area contributed by atoms with E-state index in [1.807, 2.05) is 0 Å². The molecule has 0 aliphatic heterocycles. The number of ether oxygens (including phenoxy) is 1. The van der Waals surface area contributed by atoms with Gasteiger partial charge in [0.1, 0.15) is 24.3 Å². The van der Waals surface area contributed by atoms with Gasteiger partial charge in [0, 0.05) is 11.1 Å². The first kappa shape index (κ1) is 18.5. The van der Waals surface area contributed by atoms with Crippen molar-refractivity contribution >= 4 is 29.2 Å². The van der Waals surface area contributed by atoms with Gasteiger partial charge in [-0.25, -0.2) is 23.2 Å². The smallest absolute Gasteiger partial charge is 0.338 e. The van der Waals surface area contributed by atoms with Crippen LogP contribution in [-0.2, 0) is 9.53 Å². The molecule has 0 aliphatic rings. The van der Waals surface area contributed by atoms with Crippen LogP contribution in [0.2, 0.25) is 5.02 Å². The first-order valence-electron chi connectivity index (χ1n) is 7.50. The van der Waals surface area contributed by atoms with Crippen LogP contribution in [0.25, 0.3) is 5.69 Å². The Morgan fingerprint density at radius 3 is 2.56 bits per heavy atom. The van der Waals surface area contributed by atoms with Crippen molar-refractivity contribution in [1.29, 1.82) is 0 Å². The molecule has 0 radical (unpaired) electrons. The zero-order valence-corrected chi connectivity index (χ0v) is 14.3. The van der Waals surface area contributed by atoms with Crippen LogP contribution in [-0.4, -0.2) is 33.2 Å². The van der Waals surface area contributed by atoms with E-state index in [1.165, 1.54) is 23.4 Å². The lowest BCUT2D eigenvalue weighted by Crippen LogP contribution is -2.22. The largest absolute Gasteiger partial charge is 0.452 e. The zero-order valence-electron chi connectivity index (χ0n) is 13.5. The standard InChI is InChI=1S/C17H11ClF2N4O3/c18-11-1-2-15(24-9-21-8-22-24)14(5-11)23-16(25)7-27-17(26)10-3-12(19)6-13(20)4-10/h1-6,8-9H,7H2,(H,23,25). The van der Waals surface area contributed by atoms with Crippen LogP contribution in [0.5, 0.6) is 0 Å². The van der Waals surface area contributed by atoms with E-state index >= 15 is 0 Å². The molecule has 3 rings (SSSR count). The van der Waals surface area contributed by atoms with E-state index in [0.717, 1.165) is 12.1 Å². The van der Waals surface area contributed by atoms with Gasteiger partial charge in [-0.15, -0.1) is 0 Å². The van der Waals surface area contributed by atoms with Gasteiger partial charge >= 0.3 is 5.97 Å². The van der Waals surface area contributed by atoms with Crippen LogP contribution < -0.4 is 5.32 Å². The van der Waals surface area contributed by atoms with E-state index in [-0.39, 0.29) is 5.56 Å². The number of halogens is 3. The molecule has 0 aliphatic carbocycles. The van der Waals surface area contributed by atoms with Gasteiger partial charge in [0.05, 0.1) is 16.9 Å². The molecule has 7 nitrogen and oxygen atoms in total. The van der Waals surface area contributed by atoms with Gasteiger partial charge < -0.3 is 10.1 Å². The molecule has 138 valence electrons. The van der Waals surface area contributed by atoms with Gasteiger partial charge in [0.25, 0.3) is 5.91 Å². The molecular weight excluding hydrogens is 382 g/mol. The van der Waals surface area contributed by atoms with E-state index in [2.05, 4.69) is 15.4 Å². The summed E-state index contributed by atoms with van der Waals surface area (Å²) in [6.45, 7) is -0.666. The van der Waals surface area contributed by atoms with Crippen LogP contribution in [0.4, 0.5) is 14.5 Å². The van der Waals surface area contributed by atoms with Crippen molar-refractivity contribution in [1.82, 2.24) is 14.8 Å². The molecule has 0 saturated carbocycles. The molecule has 10 heteroatoms. The van der Waals surface area contributed by atoms with E-state index in [1.54, 1.807) is 12.1 Å². The van der Waals surface area contributed by atoms with E-state index < -0.39 is 30.1 Å². The minimum atomic E-state index is -1.04. The molecule has 0 unspecified atom stereocenters. The van der Waals surface area contributed by atoms with Crippen LogP contribution in [0.3, 0.4) is 0 Å². The maximum atomic E-state index is 13.1. The van der Waals surface area contributed by atoms with Gasteiger partial charge in [-0.1, -0.05) is 11.6 Å². The number of carbonyl (C=O) groups excluding carboxylic acids is 2. The molecule has 1 amide bonds. The third-order valence-corrected chi connectivity index (χ3v) is 3.57. The number of nitrogens with zero attached hydrogens (tertiary/aromatic N) is 3. The Morgan fingerprint density at radius 2 is 1.89 bits per heavy atom. The molecule has 27 heavy (non-hydrogen) atoms. The average Bonchev–Trinajstić information content (AvgIpc) is 3.13. The molecule has 0 spiro atoms. The molecular formula is C17H11ClF2N4O3. The summed E-state index contributed by atoms with van der Waals surface area (Å²) in [4.78, 5) is 27.7. The number of benzene rings is 2. The Labute approximate surface area is 156 Å². The number of nitrogens with one attached hydrogen (secondary N) is 1. The first-order valence-corrected chi connectivity index (χ1v) is 7.88. The molecule has 0 fully saturated rings.